The van der Waals surface area contributed by atoms with Crippen molar-refractivity contribution in [2.24, 2.45) is 0 Å². The van der Waals surface area contributed by atoms with Crippen molar-refractivity contribution in [2.45, 2.75) is 302 Å². The largest absolute Gasteiger partial charge is 0.394 e. The minimum absolute atomic E-state index is 0.0308. The van der Waals surface area contributed by atoms with Gasteiger partial charge in [-0.2, -0.15) is 0 Å². The Balaban J connectivity index is 3.46. The van der Waals surface area contributed by atoms with Gasteiger partial charge in [-0.25, -0.2) is 0 Å². The number of hydrogen-bond donors (Lipinski definition) is 3. The molecule has 0 radical (unpaired) electrons. The predicted octanol–water partition coefficient (Wildman–Crippen LogP) is 16.2. The standard InChI is InChI=1S/C51H101NO3/c1-3-5-7-9-11-13-15-17-19-21-23-25-27-28-30-32-34-36-38-40-42-44-46-50(54)49(48-53)52-51(55)47-45-43-41-39-37-35-33-31-29-26-24-22-20-18-16-14-12-10-8-6-4-2/h26,29,49-50,53-54H,3-25,27-28,30-48H2,1-2H3,(H,52,55)/b29-26-. The topological polar surface area (TPSA) is 69.6 Å². The van der Waals surface area contributed by atoms with Gasteiger partial charge in [-0.05, 0) is 38.5 Å². The van der Waals surface area contributed by atoms with E-state index in [2.05, 4.69) is 31.3 Å². The summed E-state index contributed by atoms with van der Waals surface area (Å²) in [6.45, 7) is 4.39. The number of nitrogens with one attached hydrogen (secondary N) is 1. The number of hydrogen-bond acceptors (Lipinski definition) is 3. The summed E-state index contributed by atoms with van der Waals surface area (Å²) < 4.78 is 0. The minimum Gasteiger partial charge on any atom is -0.394 e. The van der Waals surface area contributed by atoms with E-state index in [9.17, 15) is 15.0 Å². The molecule has 0 saturated heterocycles. The highest BCUT2D eigenvalue weighted by Gasteiger charge is 2.20. The van der Waals surface area contributed by atoms with Gasteiger partial charge in [0.1, 0.15) is 0 Å². The Morgan fingerprint density at radius 1 is 0.418 bits per heavy atom. The average molecular weight is 776 g/mol. The van der Waals surface area contributed by atoms with Crippen molar-refractivity contribution in [3.05, 3.63) is 12.2 Å². The lowest BCUT2D eigenvalue weighted by atomic mass is 10.0. The van der Waals surface area contributed by atoms with Gasteiger partial charge in [-0.1, -0.05) is 257 Å². The molecule has 0 aliphatic carbocycles. The fourth-order valence-electron chi connectivity index (χ4n) is 8.12. The minimum atomic E-state index is -0.659. The number of amides is 1. The zero-order valence-corrected chi connectivity index (χ0v) is 37.7. The molecule has 2 atom stereocenters. The van der Waals surface area contributed by atoms with Crippen LogP contribution in [0.3, 0.4) is 0 Å². The zero-order valence-electron chi connectivity index (χ0n) is 37.7. The molecule has 4 nitrogen and oxygen atoms in total. The van der Waals surface area contributed by atoms with Crippen LogP contribution in [-0.2, 0) is 4.79 Å². The van der Waals surface area contributed by atoms with E-state index < -0.39 is 12.1 Å². The highest BCUT2D eigenvalue weighted by atomic mass is 16.3. The molecule has 328 valence electrons. The summed E-state index contributed by atoms with van der Waals surface area (Å²) in [6, 6.07) is -0.536. The van der Waals surface area contributed by atoms with Crippen molar-refractivity contribution in [1.82, 2.24) is 5.32 Å². The second-order valence-corrected chi connectivity index (χ2v) is 17.6. The molecule has 3 N–H and O–H groups in total. The molecule has 4 heteroatoms. The quantitative estimate of drug-likeness (QED) is 0.0426. The van der Waals surface area contributed by atoms with Gasteiger partial charge in [0, 0.05) is 6.42 Å². The maximum atomic E-state index is 12.4. The molecule has 0 aromatic rings. The second-order valence-electron chi connectivity index (χ2n) is 17.6. The number of rotatable bonds is 47. The third-order valence-corrected chi connectivity index (χ3v) is 12.0. The molecule has 0 aromatic carbocycles. The van der Waals surface area contributed by atoms with Gasteiger partial charge in [-0.15, -0.1) is 0 Å². The van der Waals surface area contributed by atoms with E-state index in [0.717, 1.165) is 25.7 Å². The molecule has 0 saturated carbocycles. The van der Waals surface area contributed by atoms with Gasteiger partial charge in [0.15, 0.2) is 0 Å². The first-order valence-corrected chi connectivity index (χ1v) is 25.4. The number of allylic oxidation sites excluding steroid dienone is 2. The van der Waals surface area contributed by atoms with Crippen molar-refractivity contribution in [3.63, 3.8) is 0 Å². The van der Waals surface area contributed by atoms with Crippen molar-refractivity contribution < 1.29 is 15.0 Å². The van der Waals surface area contributed by atoms with Crippen LogP contribution in [0, 0.1) is 0 Å². The SMILES string of the molecule is CCCCCCCCCCCC/C=C\CCCCCCCCCC(=O)NC(CO)C(O)CCCCCCCCCCCCCCCCCCCCCCCC. The van der Waals surface area contributed by atoms with E-state index in [-0.39, 0.29) is 12.5 Å². The predicted molar refractivity (Wildman–Crippen MR) is 244 cm³/mol. The summed E-state index contributed by atoms with van der Waals surface area (Å²) in [5.41, 5.74) is 0. The molecule has 0 spiro atoms. The Morgan fingerprint density at radius 2 is 0.691 bits per heavy atom. The lowest BCUT2D eigenvalue weighted by Crippen LogP contribution is -2.45. The Hall–Kier alpha value is -0.870. The molecule has 2 unspecified atom stereocenters. The molecule has 0 aliphatic rings. The summed E-state index contributed by atoms with van der Waals surface area (Å²) in [5.74, 6) is -0.0308. The number of unbranched alkanes of at least 4 members (excludes halogenated alkanes) is 38. The number of carbonyl (C=O) groups is 1. The Kier molecular flexibility index (Phi) is 46.8. The summed E-state index contributed by atoms with van der Waals surface area (Å²) in [6.07, 6.45) is 60.3. The summed E-state index contributed by atoms with van der Waals surface area (Å²) in [5, 5.41) is 23.3. The monoisotopic (exact) mass is 776 g/mol. The first-order chi connectivity index (χ1) is 27.2. The van der Waals surface area contributed by atoms with Gasteiger partial charge < -0.3 is 15.5 Å². The maximum Gasteiger partial charge on any atom is 0.220 e. The van der Waals surface area contributed by atoms with E-state index >= 15 is 0 Å². The zero-order chi connectivity index (χ0) is 40.0. The van der Waals surface area contributed by atoms with Crippen LogP contribution in [-0.4, -0.2) is 34.9 Å². The lowest BCUT2D eigenvalue weighted by molar-refractivity contribution is -0.123. The van der Waals surface area contributed by atoms with Gasteiger partial charge in [0.05, 0.1) is 18.8 Å². The molecule has 0 fully saturated rings. The van der Waals surface area contributed by atoms with Crippen LogP contribution in [0.5, 0.6) is 0 Å². The normalized spacial score (nSPS) is 12.9. The summed E-state index contributed by atoms with van der Waals surface area (Å²) >= 11 is 0. The third kappa shape index (κ3) is 44.1. The van der Waals surface area contributed by atoms with Crippen LogP contribution in [0.15, 0.2) is 12.2 Å². The number of aliphatic hydroxyl groups excluding tert-OH is 2. The second kappa shape index (κ2) is 47.5. The highest BCUT2D eigenvalue weighted by Crippen LogP contribution is 2.17. The smallest absolute Gasteiger partial charge is 0.220 e. The van der Waals surface area contributed by atoms with Gasteiger partial charge in [0.25, 0.3) is 0 Å². The fraction of sp³-hybridized carbons (Fsp3) is 0.941. The van der Waals surface area contributed by atoms with Crippen molar-refractivity contribution in [2.75, 3.05) is 6.61 Å². The van der Waals surface area contributed by atoms with Crippen LogP contribution in [0.4, 0.5) is 0 Å². The average Bonchev–Trinajstić information content (AvgIpc) is 3.19. The highest BCUT2D eigenvalue weighted by molar-refractivity contribution is 5.76. The van der Waals surface area contributed by atoms with Crippen LogP contribution in [0.25, 0.3) is 0 Å². The first-order valence-electron chi connectivity index (χ1n) is 25.4. The maximum absolute atomic E-state index is 12.4. The lowest BCUT2D eigenvalue weighted by Gasteiger charge is -2.22. The van der Waals surface area contributed by atoms with E-state index in [1.807, 2.05) is 0 Å². The van der Waals surface area contributed by atoms with Crippen LogP contribution in [0.2, 0.25) is 0 Å². The van der Waals surface area contributed by atoms with Gasteiger partial charge in [-0.3, -0.25) is 4.79 Å². The molecule has 0 bridgehead atoms. The van der Waals surface area contributed by atoms with Crippen molar-refractivity contribution >= 4 is 5.91 Å². The Bertz CT molecular complexity index is 754. The molecular formula is C51H101NO3. The molecular weight excluding hydrogens is 675 g/mol. The third-order valence-electron chi connectivity index (χ3n) is 12.0. The molecule has 0 heterocycles. The molecule has 0 aliphatic heterocycles. The van der Waals surface area contributed by atoms with E-state index in [1.165, 1.54) is 238 Å². The molecule has 0 aromatic heterocycles. The Labute approximate surface area is 346 Å². The first kappa shape index (κ1) is 54.1. The fourth-order valence-corrected chi connectivity index (χ4v) is 8.12. The van der Waals surface area contributed by atoms with Crippen LogP contribution >= 0.6 is 0 Å². The van der Waals surface area contributed by atoms with E-state index in [1.54, 1.807) is 0 Å². The van der Waals surface area contributed by atoms with Crippen molar-refractivity contribution in [3.8, 4) is 0 Å². The van der Waals surface area contributed by atoms with E-state index in [4.69, 9.17) is 0 Å². The number of aliphatic hydroxyl groups is 2. The van der Waals surface area contributed by atoms with Gasteiger partial charge >= 0.3 is 0 Å². The van der Waals surface area contributed by atoms with Crippen LogP contribution < -0.4 is 5.32 Å². The molecule has 1 amide bonds. The van der Waals surface area contributed by atoms with Gasteiger partial charge in [0.2, 0.25) is 5.91 Å². The van der Waals surface area contributed by atoms with Crippen LogP contribution in [0.1, 0.15) is 290 Å². The van der Waals surface area contributed by atoms with E-state index in [0.29, 0.717) is 12.8 Å². The summed E-state index contributed by atoms with van der Waals surface area (Å²) in [4.78, 5) is 12.4. The Morgan fingerprint density at radius 3 is 1.00 bits per heavy atom. The van der Waals surface area contributed by atoms with Crippen molar-refractivity contribution in [1.29, 1.82) is 0 Å². The summed E-state index contributed by atoms with van der Waals surface area (Å²) in [7, 11) is 0. The molecule has 55 heavy (non-hydrogen) atoms. The number of carbonyl (C=O) groups excluding carboxylic acids is 1. The molecule has 0 rings (SSSR count).